The second-order valence-corrected chi connectivity index (χ2v) is 4.60. The molecular formula is C16H12FN3O3. The molecule has 1 aromatic heterocycles. The van der Waals surface area contributed by atoms with Crippen molar-refractivity contribution in [1.82, 2.24) is 10.2 Å². The van der Waals surface area contributed by atoms with Crippen LogP contribution in [0.1, 0.15) is 10.4 Å². The van der Waals surface area contributed by atoms with Crippen molar-refractivity contribution in [3.63, 3.8) is 0 Å². The van der Waals surface area contributed by atoms with Crippen molar-refractivity contribution in [3.05, 3.63) is 59.9 Å². The maximum absolute atomic E-state index is 12.9. The minimum atomic E-state index is -0.387. The van der Waals surface area contributed by atoms with E-state index in [1.807, 2.05) is 0 Å². The van der Waals surface area contributed by atoms with E-state index in [4.69, 9.17) is 9.15 Å². The van der Waals surface area contributed by atoms with Gasteiger partial charge in [-0.05, 0) is 48.5 Å². The Labute approximate surface area is 130 Å². The summed E-state index contributed by atoms with van der Waals surface area (Å²) in [5.74, 6) is 0.0937. The number of anilines is 1. The van der Waals surface area contributed by atoms with Crippen LogP contribution < -0.4 is 10.1 Å². The summed E-state index contributed by atoms with van der Waals surface area (Å²) < 4.78 is 23.3. The highest BCUT2D eigenvalue weighted by Gasteiger charge is 2.13. The van der Waals surface area contributed by atoms with Crippen molar-refractivity contribution >= 4 is 11.9 Å². The number of benzene rings is 2. The van der Waals surface area contributed by atoms with Gasteiger partial charge in [-0.2, -0.15) is 0 Å². The van der Waals surface area contributed by atoms with E-state index in [9.17, 15) is 9.18 Å². The molecule has 0 aliphatic carbocycles. The van der Waals surface area contributed by atoms with E-state index in [0.29, 0.717) is 16.9 Å². The van der Waals surface area contributed by atoms with Gasteiger partial charge in [0, 0.05) is 11.1 Å². The molecule has 1 N–H and O–H groups in total. The summed E-state index contributed by atoms with van der Waals surface area (Å²) in [6.07, 6.45) is 0. The Balaban J connectivity index is 1.73. The molecular weight excluding hydrogens is 301 g/mol. The third-order valence-electron chi connectivity index (χ3n) is 3.09. The molecule has 0 fully saturated rings. The van der Waals surface area contributed by atoms with Crippen LogP contribution in [-0.2, 0) is 0 Å². The number of methoxy groups -OCH3 is 1. The Kier molecular flexibility index (Phi) is 4.01. The van der Waals surface area contributed by atoms with Crippen LogP contribution in [0.5, 0.6) is 5.75 Å². The molecule has 7 heteroatoms. The highest BCUT2D eigenvalue weighted by atomic mass is 19.1. The summed E-state index contributed by atoms with van der Waals surface area (Å²) in [5.41, 5.74) is 0.983. The van der Waals surface area contributed by atoms with Crippen molar-refractivity contribution in [2.24, 2.45) is 0 Å². The van der Waals surface area contributed by atoms with Gasteiger partial charge in [-0.3, -0.25) is 10.1 Å². The molecule has 0 radical (unpaired) electrons. The Morgan fingerprint density at radius 3 is 2.43 bits per heavy atom. The average molecular weight is 313 g/mol. The molecule has 0 bridgehead atoms. The number of hydrogen-bond acceptors (Lipinski definition) is 5. The lowest BCUT2D eigenvalue weighted by atomic mass is 10.2. The fourth-order valence-electron chi connectivity index (χ4n) is 1.89. The first-order valence-corrected chi connectivity index (χ1v) is 6.70. The predicted molar refractivity (Wildman–Crippen MR) is 80.6 cm³/mol. The van der Waals surface area contributed by atoms with Gasteiger partial charge in [-0.15, -0.1) is 5.10 Å². The number of aromatic nitrogens is 2. The molecule has 0 aliphatic heterocycles. The number of carbonyl (C=O) groups excluding carboxylic acids is 1. The number of rotatable bonds is 4. The zero-order chi connectivity index (χ0) is 16.2. The maximum Gasteiger partial charge on any atom is 0.322 e. The lowest BCUT2D eigenvalue weighted by Crippen LogP contribution is -2.11. The second kappa shape index (κ2) is 6.27. The molecule has 3 rings (SSSR count). The van der Waals surface area contributed by atoms with Gasteiger partial charge in [0.25, 0.3) is 5.91 Å². The van der Waals surface area contributed by atoms with E-state index < -0.39 is 0 Å². The van der Waals surface area contributed by atoms with Crippen molar-refractivity contribution in [2.75, 3.05) is 12.4 Å². The first kappa shape index (κ1) is 14.7. The van der Waals surface area contributed by atoms with Crippen molar-refractivity contribution in [3.8, 4) is 17.2 Å². The molecule has 23 heavy (non-hydrogen) atoms. The molecule has 0 spiro atoms. The Hall–Kier alpha value is -3.22. The monoisotopic (exact) mass is 313 g/mol. The summed E-state index contributed by atoms with van der Waals surface area (Å²) in [4.78, 5) is 12.1. The van der Waals surface area contributed by atoms with Gasteiger partial charge in [0.05, 0.1) is 7.11 Å². The SMILES string of the molecule is COc1ccc(C(=O)Nc2nnc(-c3ccc(F)cc3)o2)cc1. The quantitative estimate of drug-likeness (QED) is 0.800. The third-order valence-corrected chi connectivity index (χ3v) is 3.09. The molecule has 0 aliphatic rings. The van der Waals surface area contributed by atoms with Crippen LogP contribution in [-0.4, -0.2) is 23.2 Å². The molecule has 0 atom stereocenters. The molecule has 6 nitrogen and oxygen atoms in total. The number of ether oxygens (including phenoxy) is 1. The summed E-state index contributed by atoms with van der Waals surface area (Å²) in [5, 5.41) is 10.1. The van der Waals surface area contributed by atoms with Gasteiger partial charge in [0.15, 0.2) is 0 Å². The number of hydrogen-bond donors (Lipinski definition) is 1. The Bertz CT molecular complexity index is 813. The van der Waals surface area contributed by atoms with Crippen molar-refractivity contribution in [1.29, 1.82) is 0 Å². The van der Waals surface area contributed by atoms with E-state index in [0.717, 1.165) is 0 Å². The Morgan fingerprint density at radius 1 is 1.09 bits per heavy atom. The summed E-state index contributed by atoms with van der Waals surface area (Å²) in [6.45, 7) is 0. The second-order valence-electron chi connectivity index (χ2n) is 4.60. The topological polar surface area (TPSA) is 77.2 Å². The van der Waals surface area contributed by atoms with Crippen LogP contribution in [0, 0.1) is 5.82 Å². The number of halogens is 1. The van der Waals surface area contributed by atoms with Crippen LogP contribution in [0.2, 0.25) is 0 Å². The van der Waals surface area contributed by atoms with Crippen LogP contribution in [0.4, 0.5) is 10.4 Å². The minimum Gasteiger partial charge on any atom is -0.497 e. The van der Waals surface area contributed by atoms with Gasteiger partial charge in [-0.1, -0.05) is 5.10 Å². The van der Waals surface area contributed by atoms with Gasteiger partial charge in [0.1, 0.15) is 11.6 Å². The van der Waals surface area contributed by atoms with Gasteiger partial charge >= 0.3 is 6.01 Å². The van der Waals surface area contributed by atoms with Gasteiger partial charge < -0.3 is 9.15 Å². The minimum absolute atomic E-state index is 0.0369. The lowest BCUT2D eigenvalue weighted by Gasteiger charge is -2.02. The number of nitrogens with zero attached hydrogens (tertiary/aromatic N) is 2. The molecule has 3 aromatic rings. The van der Waals surface area contributed by atoms with Crippen LogP contribution in [0.3, 0.4) is 0 Å². The maximum atomic E-state index is 12.9. The van der Waals surface area contributed by atoms with Crippen molar-refractivity contribution < 1.29 is 18.3 Å². The number of amides is 1. The van der Waals surface area contributed by atoms with E-state index >= 15 is 0 Å². The van der Waals surface area contributed by atoms with E-state index in [-0.39, 0.29) is 23.6 Å². The average Bonchev–Trinajstić information content (AvgIpc) is 3.04. The first-order valence-electron chi connectivity index (χ1n) is 6.70. The summed E-state index contributed by atoms with van der Waals surface area (Å²) in [6, 6.07) is 12.1. The van der Waals surface area contributed by atoms with Crippen LogP contribution >= 0.6 is 0 Å². The summed E-state index contributed by atoms with van der Waals surface area (Å²) >= 11 is 0. The van der Waals surface area contributed by atoms with E-state index in [1.54, 1.807) is 31.4 Å². The van der Waals surface area contributed by atoms with E-state index in [2.05, 4.69) is 15.5 Å². The first-order chi connectivity index (χ1) is 11.2. The molecule has 0 saturated carbocycles. The highest BCUT2D eigenvalue weighted by molar-refractivity contribution is 6.03. The number of nitrogens with one attached hydrogen (secondary N) is 1. The fourth-order valence-corrected chi connectivity index (χ4v) is 1.89. The molecule has 1 heterocycles. The zero-order valence-corrected chi connectivity index (χ0v) is 12.1. The Morgan fingerprint density at radius 2 is 1.78 bits per heavy atom. The van der Waals surface area contributed by atoms with E-state index in [1.165, 1.54) is 24.3 Å². The van der Waals surface area contributed by atoms with Gasteiger partial charge in [-0.25, -0.2) is 4.39 Å². The molecule has 116 valence electrons. The molecule has 2 aromatic carbocycles. The summed E-state index contributed by atoms with van der Waals surface area (Å²) in [7, 11) is 1.55. The lowest BCUT2D eigenvalue weighted by molar-refractivity contribution is 0.102. The van der Waals surface area contributed by atoms with Gasteiger partial charge in [0.2, 0.25) is 5.89 Å². The smallest absolute Gasteiger partial charge is 0.322 e. The molecule has 0 unspecified atom stereocenters. The largest absolute Gasteiger partial charge is 0.497 e. The number of carbonyl (C=O) groups is 1. The molecule has 0 saturated heterocycles. The zero-order valence-electron chi connectivity index (χ0n) is 12.1. The normalized spacial score (nSPS) is 10.3. The molecule has 1 amide bonds. The van der Waals surface area contributed by atoms with Crippen LogP contribution in [0.25, 0.3) is 11.5 Å². The van der Waals surface area contributed by atoms with Crippen molar-refractivity contribution in [2.45, 2.75) is 0 Å². The van der Waals surface area contributed by atoms with Crippen LogP contribution in [0.15, 0.2) is 52.9 Å². The standard InChI is InChI=1S/C16H12FN3O3/c1-22-13-8-4-10(5-9-13)14(21)18-16-20-19-15(23-16)11-2-6-12(17)7-3-11/h2-9H,1H3,(H,18,20,21). The predicted octanol–water partition coefficient (Wildman–Crippen LogP) is 3.14. The highest BCUT2D eigenvalue weighted by Crippen LogP contribution is 2.20. The third kappa shape index (κ3) is 3.34. The fraction of sp³-hybridized carbons (Fsp3) is 0.0625.